The van der Waals surface area contributed by atoms with Gasteiger partial charge in [0.1, 0.15) is 0 Å². The van der Waals surface area contributed by atoms with Gasteiger partial charge in [-0.3, -0.25) is 0 Å². The molecule has 1 aromatic heterocycles. The lowest BCUT2D eigenvalue weighted by atomic mass is 10.1. The molecular weight excluding hydrogens is 432 g/mol. The van der Waals surface area contributed by atoms with Gasteiger partial charge in [-0.15, -0.1) is 11.3 Å². The van der Waals surface area contributed by atoms with Gasteiger partial charge in [0.05, 0.1) is 0 Å². The summed E-state index contributed by atoms with van der Waals surface area (Å²) in [5.74, 6) is 0. The highest BCUT2D eigenvalue weighted by atomic mass is 79.9. The van der Waals surface area contributed by atoms with Crippen LogP contribution in [0.25, 0.3) is 0 Å². The normalized spacial score (nSPS) is 14.1. The molecule has 0 saturated carbocycles. The average Bonchev–Trinajstić information content (AvgIpc) is 3.01. The summed E-state index contributed by atoms with van der Waals surface area (Å²) in [5, 5.41) is 0. The van der Waals surface area contributed by atoms with Crippen LogP contribution in [0.4, 0.5) is 0 Å². The van der Waals surface area contributed by atoms with E-state index in [0.29, 0.717) is 0 Å². The summed E-state index contributed by atoms with van der Waals surface area (Å²) in [7, 11) is 0. The van der Waals surface area contributed by atoms with E-state index in [9.17, 15) is 0 Å². The first kappa shape index (κ1) is 21.7. The van der Waals surface area contributed by atoms with E-state index in [1.807, 2.05) is 0 Å². The van der Waals surface area contributed by atoms with Crippen LogP contribution in [-0.2, 0) is 12.8 Å². The van der Waals surface area contributed by atoms with Gasteiger partial charge in [0, 0.05) is 19.4 Å². The van der Waals surface area contributed by atoms with Gasteiger partial charge in [0.2, 0.25) is 0 Å². The van der Waals surface area contributed by atoms with Crippen LogP contribution in [0.3, 0.4) is 0 Å². The van der Waals surface area contributed by atoms with Gasteiger partial charge in [-0.2, -0.15) is 0 Å². The van der Waals surface area contributed by atoms with Crippen molar-refractivity contribution in [2.45, 2.75) is 101 Å². The van der Waals surface area contributed by atoms with Crippen LogP contribution >= 0.6 is 43.2 Å². The minimum Gasteiger partial charge on any atom is -0.145 e. The van der Waals surface area contributed by atoms with Crippen LogP contribution < -0.4 is 0 Å². The summed E-state index contributed by atoms with van der Waals surface area (Å²) in [6, 6.07) is 4.73. The van der Waals surface area contributed by atoms with Crippen molar-refractivity contribution in [3.05, 3.63) is 21.9 Å². The van der Waals surface area contributed by atoms with E-state index in [0.717, 1.165) is 9.65 Å². The van der Waals surface area contributed by atoms with Crippen molar-refractivity contribution < 1.29 is 0 Å². The summed E-state index contributed by atoms with van der Waals surface area (Å²) in [6.07, 6.45) is 15.9. The maximum absolute atomic E-state index is 3.72. The van der Waals surface area contributed by atoms with Gasteiger partial charge in [-0.05, 0) is 63.5 Å². The molecule has 0 aliphatic carbocycles. The van der Waals surface area contributed by atoms with Crippen LogP contribution in [-0.4, -0.2) is 9.65 Å². The highest BCUT2D eigenvalue weighted by Gasteiger charge is 2.04. The van der Waals surface area contributed by atoms with Crippen LogP contribution in [0, 0.1) is 0 Å². The van der Waals surface area contributed by atoms with Crippen LogP contribution in [0.5, 0.6) is 0 Å². The highest BCUT2D eigenvalue weighted by Crippen LogP contribution is 2.22. The molecule has 0 bridgehead atoms. The van der Waals surface area contributed by atoms with Crippen LogP contribution in [0.15, 0.2) is 12.1 Å². The van der Waals surface area contributed by atoms with Crippen molar-refractivity contribution in [2.75, 3.05) is 0 Å². The first-order valence-electron chi connectivity index (χ1n) is 9.51. The lowest BCUT2D eigenvalue weighted by Gasteiger charge is -2.05. The van der Waals surface area contributed by atoms with Gasteiger partial charge >= 0.3 is 0 Å². The summed E-state index contributed by atoms with van der Waals surface area (Å²) < 4.78 is 0. The summed E-state index contributed by atoms with van der Waals surface area (Å²) >= 11 is 9.50. The molecule has 0 N–H and O–H groups in total. The molecule has 134 valence electrons. The number of unbranched alkanes of at least 4 members (excludes halogenated alkanes) is 4. The Balaban J connectivity index is 2.05. The first-order valence-corrected chi connectivity index (χ1v) is 12.2. The molecule has 1 heterocycles. The predicted octanol–water partition coefficient (Wildman–Crippen LogP) is 8.30. The third-order valence-electron chi connectivity index (χ3n) is 4.48. The quantitative estimate of drug-likeness (QED) is 0.191. The lowest BCUT2D eigenvalue weighted by Crippen LogP contribution is -1.94. The molecule has 0 fully saturated rings. The first-order chi connectivity index (χ1) is 11.2. The Labute approximate surface area is 165 Å². The fraction of sp³-hybridized carbons (Fsp3) is 0.800. The highest BCUT2D eigenvalue weighted by molar-refractivity contribution is 9.09. The Morgan fingerprint density at radius 1 is 0.739 bits per heavy atom. The minimum absolute atomic E-state index is 0.730. The standard InChI is InChI=1S/C20H34Br2S/c1-3-17(21)11-7-5-9-13-19-15-16-20(23-19)14-10-6-8-12-18(22)4-2/h15-18H,3-14H2,1-2H3. The number of hydrogen-bond acceptors (Lipinski definition) is 1. The Kier molecular flexibility index (Phi) is 13.1. The van der Waals surface area contributed by atoms with Crippen LogP contribution in [0.1, 0.15) is 87.8 Å². The van der Waals surface area contributed by atoms with Gasteiger partial charge < -0.3 is 0 Å². The fourth-order valence-corrected chi connectivity index (χ4v) is 4.53. The van der Waals surface area contributed by atoms with Gasteiger partial charge in [-0.1, -0.05) is 71.4 Å². The van der Waals surface area contributed by atoms with E-state index >= 15 is 0 Å². The van der Waals surface area contributed by atoms with Crippen molar-refractivity contribution in [2.24, 2.45) is 0 Å². The second-order valence-corrected chi connectivity index (χ2v) is 10.4. The van der Waals surface area contributed by atoms with Gasteiger partial charge in [0.25, 0.3) is 0 Å². The zero-order chi connectivity index (χ0) is 16.9. The SMILES string of the molecule is CCC(Br)CCCCCc1ccc(CCCCCC(Br)CC)s1. The largest absolute Gasteiger partial charge is 0.145 e. The molecule has 0 spiro atoms. The number of aryl methyl sites for hydroxylation is 2. The van der Waals surface area contributed by atoms with E-state index in [-0.39, 0.29) is 0 Å². The second kappa shape index (κ2) is 13.9. The molecule has 0 aliphatic rings. The van der Waals surface area contributed by atoms with E-state index in [4.69, 9.17) is 0 Å². The molecule has 0 radical (unpaired) electrons. The van der Waals surface area contributed by atoms with Crippen LogP contribution in [0.2, 0.25) is 0 Å². The maximum atomic E-state index is 3.72. The molecule has 0 aromatic carbocycles. The fourth-order valence-electron chi connectivity index (χ4n) is 2.78. The third-order valence-corrected chi connectivity index (χ3v) is 7.90. The number of hydrogen-bond donors (Lipinski definition) is 0. The van der Waals surface area contributed by atoms with Crippen molar-refractivity contribution in [1.82, 2.24) is 0 Å². The minimum atomic E-state index is 0.730. The molecule has 1 rings (SSSR count). The van der Waals surface area contributed by atoms with E-state index < -0.39 is 0 Å². The van der Waals surface area contributed by atoms with Gasteiger partial charge in [0.15, 0.2) is 0 Å². The molecule has 1 aromatic rings. The van der Waals surface area contributed by atoms with Gasteiger partial charge in [-0.25, -0.2) is 0 Å². The number of halogens is 2. The number of alkyl halides is 2. The zero-order valence-corrected chi connectivity index (χ0v) is 18.9. The number of rotatable bonds is 14. The summed E-state index contributed by atoms with van der Waals surface area (Å²) in [5.41, 5.74) is 0. The molecule has 2 atom stereocenters. The molecule has 0 nitrogen and oxygen atoms in total. The summed E-state index contributed by atoms with van der Waals surface area (Å²) in [6.45, 7) is 4.52. The van der Waals surface area contributed by atoms with Crippen molar-refractivity contribution in [3.63, 3.8) is 0 Å². The van der Waals surface area contributed by atoms with Crippen molar-refractivity contribution in [3.8, 4) is 0 Å². The second-order valence-electron chi connectivity index (χ2n) is 6.58. The topological polar surface area (TPSA) is 0 Å². The molecule has 3 heteroatoms. The number of thiophene rings is 1. The Morgan fingerprint density at radius 3 is 1.57 bits per heavy atom. The zero-order valence-electron chi connectivity index (χ0n) is 15.0. The predicted molar refractivity (Wildman–Crippen MR) is 115 cm³/mol. The lowest BCUT2D eigenvalue weighted by molar-refractivity contribution is 0.623. The smallest absolute Gasteiger partial charge is 0.0143 e. The molecule has 2 unspecified atom stereocenters. The van der Waals surface area contributed by atoms with E-state index in [1.165, 1.54) is 77.0 Å². The molecule has 0 saturated heterocycles. The molecule has 0 aliphatic heterocycles. The molecular formula is C20H34Br2S. The van der Waals surface area contributed by atoms with E-state index in [1.54, 1.807) is 9.75 Å². The monoisotopic (exact) mass is 464 g/mol. The summed E-state index contributed by atoms with van der Waals surface area (Å²) in [4.78, 5) is 4.65. The third kappa shape index (κ3) is 11.0. The Hall–Kier alpha value is 0.660. The van der Waals surface area contributed by atoms with Crippen molar-refractivity contribution in [1.29, 1.82) is 0 Å². The Morgan fingerprint density at radius 2 is 1.17 bits per heavy atom. The molecule has 23 heavy (non-hydrogen) atoms. The average molecular weight is 466 g/mol. The van der Waals surface area contributed by atoms with Crippen molar-refractivity contribution >= 4 is 43.2 Å². The maximum Gasteiger partial charge on any atom is 0.0143 e. The molecule has 0 amide bonds. The Bertz CT molecular complexity index is 354. The van der Waals surface area contributed by atoms with E-state index in [2.05, 4.69) is 69.2 Å².